The van der Waals surface area contributed by atoms with Crippen molar-refractivity contribution >= 4 is 35.4 Å². The number of phenols is 1. The van der Waals surface area contributed by atoms with Gasteiger partial charge in [-0.2, -0.15) is 0 Å². The van der Waals surface area contributed by atoms with E-state index in [1.165, 1.54) is 6.21 Å². The molecule has 144 valence electrons. The molecular formula is C19H19Cl2NO5. The number of benzene rings is 2. The van der Waals surface area contributed by atoms with Crippen LogP contribution in [0.25, 0.3) is 0 Å². The van der Waals surface area contributed by atoms with Crippen molar-refractivity contribution in [1.29, 1.82) is 0 Å². The van der Waals surface area contributed by atoms with Crippen molar-refractivity contribution in [3.05, 3.63) is 51.5 Å². The first-order valence-corrected chi connectivity index (χ1v) is 8.94. The number of carboxylic acid groups (broad SMARTS) is 1. The Bertz CT molecular complexity index is 831. The van der Waals surface area contributed by atoms with Crippen molar-refractivity contribution in [1.82, 2.24) is 0 Å². The summed E-state index contributed by atoms with van der Waals surface area (Å²) in [6, 6.07) is 8.08. The topological polar surface area (TPSA) is 88.4 Å². The fraction of sp³-hybridized carbons (Fsp3) is 0.263. The molecule has 2 N–H and O–H groups in total. The molecule has 0 aliphatic carbocycles. The van der Waals surface area contributed by atoms with Crippen LogP contribution >= 0.6 is 23.2 Å². The van der Waals surface area contributed by atoms with Crippen LogP contribution in [0, 0.1) is 0 Å². The lowest BCUT2D eigenvalue weighted by molar-refractivity contribution is -0.142. The van der Waals surface area contributed by atoms with Crippen molar-refractivity contribution in [3.8, 4) is 17.2 Å². The number of phenolic OH excluding ortho intramolecular Hbond substituents is 1. The number of halogens is 2. The summed E-state index contributed by atoms with van der Waals surface area (Å²) in [4.78, 5) is 15.0. The Balaban J connectivity index is 2.21. The zero-order valence-electron chi connectivity index (χ0n) is 14.8. The number of nitrogens with zero attached hydrogens (tertiary/aromatic N) is 1. The maximum Gasteiger partial charge on any atom is 0.344 e. The normalized spacial score (nSPS) is 12.1. The molecule has 0 saturated heterocycles. The van der Waals surface area contributed by atoms with Crippen LogP contribution in [0.1, 0.15) is 37.3 Å². The van der Waals surface area contributed by atoms with Crippen LogP contribution < -0.4 is 4.74 Å². The molecule has 0 amide bonds. The summed E-state index contributed by atoms with van der Waals surface area (Å²) < 4.78 is 5.81. The Morgan fingerprint density at radius 3 is 2.52 bits per heavy atom. The van der Waals surface area contributed by atoms with Crippen LogP contribution in [-0.4, -0.2) is 29.0 Å². The number of aliphatic carboxylic acids is 1. The van der Waals surface area contributed by atoms with Gasteiger partial charge in [0, 0.05) is 5.56 Å². The number of oxime groups is 1. The molecule has 0 bridgehead atoms. The van der Waals surface area contributed by atoms with E-state index in [0.717, 1.165) is 12.0 Å². The predicted molar refractivity (Wildman–Crippen MR) is 105 cm³/mol. The van der Waals surface area contributed by atoms with Gasteiger partial charge in [0.1, 0.15) is 11.5 Å². The second-order valence-corrected chi connectivity index (χ2v) is 6.66. The summed E-state index contributed by atoms with van der Waals surface area (Å²) in [5.41, 5.74) is 1.30. The van der Waals surface area contributed by atoms with Gasteiger partial charge in [-0.15, -0.1) is 0 Å². The predicted octanol–water partition coefficient (Wildman–Crippen LogP) is 5.44. The Hall–Kier alpha value is -2.44. The number of aromatic hydroxyl groups is 1. The third-order valence-electron chi connectivity index (χ3n) is 3.85. The number of carboxylic acids is 1. The second-order valence-electron chi connectivity index (χ2n) is 5.85. The van der Waals surface area contributed by atoms with E-state index < -0.39 is 12.6 Å². The van der Waals surface area contributed by atoms with E-state index in [9.17, 15) is 9.90 Å². The molecule has 0 saturated carbocycles. The molecule has 2 aromatic carbocycles. The molecule has 2 aromatic rings. The molecule has 0 heterocycles. The molecule has 0 aromatic heterocycles. The minimum absolute atomic E-state index is 0.170. The van der Waals surface area contributed by atoms with Crippen LogP contribution in [0.5, 0.6) is 17.2 Å². The summed E-state index contributed by atoms with van der Waals surface area (Å²) in [7, 11) is 0. The summed E-state index contributed by atoms with van der Waals surface area (Å²) >= 11 is 12.5. The highest BCUT2D eigenvalue weighted by Gasteiger charge is 2.14. The quantitative estimate of drug-likeness (QED) is 0.445. The summed E-state index contributed by atoms with van der Waals surface area (Å²) in [6.07, 6.45) is 2.17. The van der Waals surface area contributed by atoms with E-state index >= 15 is 0 Å². The van der Waals surface area contributed by atoms with Crippen molar-refractivity contribution < 1.29 is 24.6 Å². The highest BCUT2D eigenvalue weighted by Crippen LogP contribution is 2.39. The van der Waals surface area contributed by atoms with Crippen LogP contribution in [0.2, 0.25) is 10.0 Å². The highest BCUT2D eigenvalue weighted by atomic mass is 35.5. The first-order valence-electron chi connectivity index (χ1n) is 8.18. The Morgan fingerprint density at radius 1 is 1.26 bits per heavy atom. The zero-order chi connectivity index (χ0) is 20.0. The molecular weight excluding hydrogens is 393 g/mol. The lowest BCUT2D eigenvalue weighted by Gasteiger charge is -2.15. The molecule has 0 fully saturated rings. The van der Waals surface area contributed by atoms with Crippen LogP contribution in [-0.2, 0) is 9.63 Å². The second kappa shape index (κ2) is 9.48. The molecule has 1 atom stereocenters. The van der Waals surface area contributed by atoms with Gasteiger partial charge >= 0.3 is 5.97 Å². The fourth-order valence-corrected chi connectivity index (χ4v) is 2.85. The van der Waals surface area contributed by atoms with Gasteiger partial charge in [0.05, 0.1) is 16.3 Å². The van der Waals surface area contributed by atoms with E-state index in [1.807, 2.05) is 13.8 Å². The Morgan fingerprint density at radius 2 is 1.93 bits per heavy atom. The van der Waals surface area contributed by atoms with Gasteiger partial charge in [-0.1, -0.05) is 42.2 Å². The zero-order valence-corrected chi connectivity index (χ0v) is 16.3. The molecule has 0 spiro atoms. The van der Waals surface area contributed by atoms with Crippen molar-refractivity contribution in [2.75, 3.05) is 6.61 Å². The van der Waals surface area contributed by atoms with Crippen LogP contribution in [0.4, 0.5) is 0 Å². The van der Waals surface area contributed by atoms with Crippen LogP contribution in [0.15, 0.2) is 35.5 Å². The van der Waals surface area contributed by atoms with Crippen molar-refractivity contribution in [3.63, 3.8) is 0 Å². The third kappa shape index (κ3) is 5.77. The Labute approximate surface area is 166 Å². The molecule has 0 radical (unpaired) electrons. The number of carbonyl (C=O) groups is 1. The fourth-order valence-electron chi connectivity index (χ4n) is 2.27. The first-order chi connectivity index (χ1) is 12.8. The minimum Gasteiger partial charge on any atom is -0.508 e. The van der Waals surface area contributed by atoms with Gasteiger partial charge in [-0.25, -0.2) is 4.79 Å². The van der Waals surface area contributed by atoms with Crippen molar-refractivity contribution in [2.24, 2.45) is 5.16 Å². The highest BCUT2D eigenvalue weighted by molar-refractivity contribution is 6.37. The van der Waals surface area contributed by atoms with Crippen molar-refractivity contribution in [2.45, 2.75) is 26.2 Å². The molecule has 27 heavy (non-hydrogen) atoms. The lowest BCUT2D eigenvalue weighted by atomic mass is 9.97. The average molecular weight is 412 g/mol. The van der Waals surface area contributed by atoms with E-state index in [2.05, 4.69) is 9.99 Å². The molecule has 2 rings (SSSR count). The van der Waals surface area contributed by atoms with Gasteiger partial charge in [-0.05, 0) is 48.2 Å². The Kier molecular flexibility index (Phi) is 7.33. The van der Waals surface area contributed by atoms with Crippen LogP contribution in [0.3, 0.4) is 0 Å². The van der Waals surface area contributed by atoms with Gasteiger partial charge in [0.25, 0.3) is 0 Å². The monoisotopic (exact) mass is 411 g/mol. The summed E-state index contributed by atoms with van der Waals surface area (Å²) in [6.45, 7) is 3.50. The number of ether oxygens (including phenoxy) is 1. The number of rotatable bonds is 8. The van der Waals surface area contributed by atoms with Gasteiger partial charge in [-0.3, -0.25) is 0 Å². The third-order valence-corrected chi connectivity index (χ3v) is 4.41. The maximum absolute atomic E-state index is 10.4. The minimum atomic E-state index is -1.13. The lowest BCUT2D eigenvalue weighted by Crippen LogP contribution is -2.03. The number of hydrogen-bond acceptors (Lipinski definition) is 5. The van der Waals surface area contributed by atoms with Gasteiger partial charge in [0.2, 0.25) is 6.61 Å². The molecule has 0 aliphatic heterocycles. The molecule has 6 nitrogen and oxygen atoms in total. The van der Waals surface area contributed by atoms with Gasteiger partial charge in [0.15, 0.2) is 5.75 Å². The maximum atomic E-state index is 10.4. The summed E-state index contributed by atoms with van der Waals surface area (Å²) in [5, 5.41) is 22.5. The average Bonchev–Trinajstić information content (AvgIpc) is 2.62. The molecule has 1 unspecified atom stereocenters. The SMILES string of the molecule is CCC(C)c1cc(Oc2c(Cl)cc(C=NOCC(=O)O)cc2Cl)ccc1O. The molecule has 0 aliphatic rings. The standard InChI is InChI=1S/C19H19Cl2NO5/c1-3-11(2)14-8-13(4-5-17(14)23)27-19-15(20)6-12(7-16(19)21)9-22-26-10-18(24)25/h4-9,11,23H,3,10H2,1-2H3,(H,24,25). The van der Waals surface area contributed by atoms with E-state index in [1.54, 1.807) is 30.3 Å². The largest absolute Gasteiger partial charge is 0.508 e. The van der Waals surface area contributed by atoms with E-state index in [0.29, 0.717) is 11.3 Å². The summed E-state index contributed by atoms with van der Waals surface area (Å²) in [5.74, 6) is 0.0177. The van der Waals surface area contributed by atoms with Gasteiger partial charge < -0.3 is 19.8 Å². The smallest absolute Gasteiger partial charge is 0.344 e. The first kappa shape index (κ1) is 20.9. The van der Waals surface area contributed by atoms with E-state index in [-0.39, 0.29) is 27.5 Å². The molecule has 8 heteroatoms. The number of hydrogen-bond donors (Lipinski definition) is 2. The van der Waals surface area contributed by atoms with E-state index in [4.69, 9.17) is 33.0 Å².